The molecule has 1 saturated heterocycles. The van der Waals surface area contributed by atoms with Gasteiger partial charge in [0.2, 0.25) is 0 Å². The lowest BCUT2D eigenvalue weighted by atomic mass is 9.80. The van der Waals surface area contributed by atoms with Crippen LogP contribution in [0.5, 0.6) is 11.5 Å². The maximum Gasteiger partial charge on any atom is 0.573 e. The normalized spacial score (nSPS) is 20.6. The minimum Gasteiger partial charge on any atom is -0.487 e. The Kier molecular flexibility index (Phi) is 8.00. The van der Waals surface area contributed by atoms with Gasteiger partial charge in [0.15, 0.2) is 0 Å². The Bertz CT molecular complexity index is 1490. The van der Waals surface area contributed by atoms with Crippen LogP contribution in [0.25, 0.3) is 11.1 Å². The highest BCUT2D eigenvalue weighted by atomic mass is 32.1. The number of fused-ring (bicyclic) bond motifs is 1. The maximum absolute atomic E-state index is 13.4. The number of aliphatic carboxylic acids is 1. The van der Waals surface area contributed by atoms with E-state index in [4.69, 9.17) is 4.74 Å². The number of alkyl halides is 3. The van der Waals surface area contributed by atoms with Gasteiger partial charge in [-0.05, 0) is 121 Å². The monoisotopic (exact) mass is 613 g/mol. The predicted octanol–water partition coefficient (Wildman–Crippen LogP) is 8.76. The first kappa shape index (κ1) is 30.0. The number of hydrogen-bond donors (Lipinski definition) is 1. The van der Waals surface area contributed by atoms with Gasteiger partial charge in [-0.2, -0.15) is 11.3 Å². The summed E-state index contributed by atoms with van der Waals surface area (Å²) in [6.45, 7) is 7.12. The first-order valence-electron chi connectivity index (χ1n) is 15.1. The summed E-state index contributed by atoms with van der Waals surface area (Å²) >= 11 is 1.57. The van der Waals surface area contributed by atoms with Crippen LogP contribution in [0.4, 0.5) is 13.2 Å². The third-order valence-corrected chi connectivity index (χ3v) is 10.7. The van der Waals surface area contributed by atoms with Gasteiger partial charge in [0.1, 0.15) is 17.1 Å². The average molecular weight is 614 g/mol. The Morgan fingerprint density at radius 2 is 1.84 bits per heavy atom. The van der Waals surface area contributed by atoms with E-state index in [2.05, 4.69) is 27.8 Å². The van der Waals surface area contributed by atoms with Gasteiger partial charge in [0.25, 0.3) is 0 Å². The number of halogens is 3. The van der Waals surface area contributed by atoms with Crippen LogP contribution in [-0.4, -0.2) is 41.0 Å². The number of carbonyl (C=O) groups is 1. The molecule has 3 aliphatic rings. The van der Waals surface area contributed by atoms with E-state index in [1.54, 1.807) is 24.3 Å². The second-order valence-corrected chi connectivity index (χ2v) is 13.4. The van der Waals surface area contributed by atoms with Gasteiger partial charge < -0.3 is 14.6 Å². The highest BCUT2D eigenvalue weighted by molar-refractivity contribution is 7.08. The highest BCUT2D eigenvalue weighted by Crippen LogP contribution is 2.49. The summed E-state index contributed by atoms with van der Waals surface area (Å²) in [4.78, 5) is 14.1. The number of carboxylic acid groups (broad SMARTS) is 1. The molecule has 0 bridgehead atoms. The van der Waals surface area contributed by atoms with Crippen LogP contribution in [0.3, 0.4) is 0 Å². The van der Waals surface area contributed by atoms with E-state index in [1.807, 2.05) is 30.7 Å². The van der Waals surface area contributed by atoms with E-state index in [1.165, 1.54) is 6.07 Å². The standard InChI is InChI=1S/C34H38F3NO4S/c1-20-18-43-19-28(20)25-8-9-29(42-34(35,36)37)27(16-25)22(3)38-14-12-33(13-15-38)11-10-23-4-7-26(17-30(23)41-33)31(24-5-6-24)21(2)32(39)40/h4,7-9,16-19,21-22,24,31H,5-6,10-15H2,1-3H3,(H,39,40)/t21-,22?,31-/m0/s1. The zero-order chi connectivity index (χ0) is 30.5. The Morgan fingerprint density at radius 1 is 1.09 bits per heavy atom. The first-order chi connectivity index (χ1) is 20.4. The number of likely N-dealkylation sites (tertiary alicyclic amines) is 1. The molecular weight excluding hydrogens is 575 g/mol. The molecular formula is C34H38F3NO4S. The van der Waals surface area contributed by atoms with Gasteiger partial charge in [-0.25, -0.2) is 0 Å². The predicted molar refractivity (Wildman–Crippen MR) is 161 cm³/mol. The molecule has 6 rings (SSSR count). The quantitative estimate of drug-likeness (QED) is 0.275. The Morgan fingerprint density at radius 3 is 2.47 bits per heavy atom. The molecule has 5 nitrogen and oxygen atoms in total. The van der Waals surface area contributed by atoms with E-state index in [0.29, 0.717) is 24.6 Å². The molecule has 3 heterocycles. The van der Waals surface area contributed by atoms with Crippen molar-refractivity contribution in [1.82, 2.24) is 4.90 Å². The van der Waals surface area contributed by atoms with Crippen LogP contribution in [0.2, 0.25) is 0 Å². The van der Waals surface area contributed by atoms with E-state index >= 15 is 0 Å². The lowest BCUT2D eigenvalue weighted by molar-refractivity contribution is -0.275. The molecule has 0 amide bonds. The molecule has 3 atom stereocenters. The van der Waals surface area contributed by atoms with Gasteiger partial charge >= 0.3 is 12.3 Å². The van der Waals surface area contributed by atoms with Gasteiger partial charge in [-0.15, -0.1) is 13.2 Å². The SMILES string of the molecule is Cc1cscc1-c1ccc(OC(F)(F)F)c(C(C)N2CCC3(CCc4ccc([C@H](C5CC5)[C@H](C)C(=O)O)cc4O3)CC2)c1. The molecule has 2 aromatic carbocycles. The fourth-order valence-electron chi connectivity index (χ4n) is 7.09. The first-order valence-corrected chi connectivity index (χ1v) is 16.1. The number of hydrogen-bond acceptors (Lipinski definition) is 5. The number of nitrogens with zero attached hydrogens (tertiary/aromatic N) is 1. The number of ether oxygens (including phenoxy) is 2. The van der Waals surface area contributed by atoms with Crippen molar-refractivity contribution in [2.45, 2.75) is 83.2 Å². The number of piperidine rings is 1. The third kappa shape index (κ3) is 6.29. The summed E-state index contributed by atoms with van der Waals surface area (Å²) in [6, 6.07) is 11.0. The van der Waals surface area contributed by atoms with Crippen molar-refractivity contribution in [1.29, 1.82) is 0 Å². The lowest BCUT2D eigenvalue weighted by Crippen LogP contribution is -2.50. The maximum atomic E-state index is 13.4. The van der Waals surface area contributed by atoms with Crippen molar-refractivity contribution in [3.05, 3.63) is 69.4 Å². The highest BCUT2D eigenvalue weighted by Gasteiger charge is 2.43. The number of rotatable bonds is 8. The van der Waals surface area contributed by atoms with Crippen molar-refractivity contribution in [2.24, 2.45) is 11.8 Å². The van der Waals surface area contributed by atoms with Crippen molar-refractivity contribution >= 4 is 17.3 Å². The van der Waals surface area contributed by atoms with Gasteiger partial charge in [-0.3, -0.25) is 9.69 Å². The molecule has 43 heavy (non-hydrogen) atoms. The van der Waals surface area contributed by atoms with Gasteiger partial charge in [-0.1, -0.05) is 25.1 Å². The molecule has 0 radical (unpaired) electrons. The molecule has 3 aromatic rings. The van der Waals surface area contributed by atoms with E-state index in [9.17, 15) is 23.1 Å². The molecule has 1 saturated carbocycles. The van der Waals surface area contributed by atoms with Crippen molar-refractivity contribution in [3.63, 3.8) is 0 Å². The summed E-state index contributed by atoms with van der Waals surface area (Å²) in [5, 5.41) is 13.8. The Labute approximate surface area is 254 Å². The summed E-state index contributed by atoms with van der Waals surface area (Å²) in [7, 11) is 0. The van der Waals surface area contributed by atoms with Gasteiger partial charge in [0, 0.05) is 24.7 Å². The van der Waals surface area contributed by atoms with Crippen LogP contribution in [0.1, 0.15) is 80.2 Å². The number of thiophene rings is 1. The summed E-state index contributed by atoms with van der Waals surface area (Å²) < 4.78 is 51.3. The zero-order valence-electron chi connectivity index (χ0n) is 24.7. The Hall–Kier alpha value is -3.04. The van der Waals surface area contributed by atoms with E-state index in [-0.39, 0.29) is 23.3 Å². The van der Waals surface area contributed by atoms with Crippen LogP contribution < -0.4 is 9.47 Å². The van der Waals surface area contributed by atoms with Crippen LogP contribution >= 0.6 is 11.3 Å². The second-order valence-electron chi connectivity index (χ2n) is 12.6. The molecule has 2 fully saturated rings. The summed E-state index contributed by atoms with van der Waals surface area (Å²) in [5.74, 6) is -0.149. The molecule has 2 aliphatic heterocycles. The van der Waals surface area contributed by atoms with Crippen molar-refractivity contribution in [2.75, 3.05) is 13.1 Å². The second kappa shape index (κ2) is 11.5. The van der Waals surface area contributed by atoms with E-state index in [0.717, 1.165) is 72.1 Å². The topological polar surface area (TPSA) is 59.0 Å². The minimum absolute atomic E-state index is 0.0197. The molecule has 9 heteroatoms. The Balaban J connectivity index is 1.20. The molecule has 1 aliphatic carbocycles. The number of benzene rings is 2. The number of aryl methyl sites for hydroxylation is 2. The molecule has 1 aromatic heterocycles. The fourth-order valence-corrected chi connectivity index (χ4v) is 7.95. The third-order valence-electron chi connectivity index (χ3n) is 9.82. The van der Waals surface area contributed by atoms with Gasteiger partial charge in [0.05, 0.1) is 5.92 Å². The minimum atomic E-state index is -4.77. The smallest absolute Gasteiger partial charge is 0.487 e. The summed E-state index contributed by atoms with van der Waals surface area (Å²) in [5.41, 5.74) is 5.37. The van der Waals surface area contributed by atoms with Crippen molar-refractivity contribution < 1.29 is 32.5 Å². The van der Waals surface area contributed by atoms with E-state index < -0.39 is 18.2 Å². The van der Waals surface area contributed by atoms with Crippen LogP contribution in [-0.2, 0) is 11.2 Å². The average Bonchev–Trinajstić information content (AvgIpc) is 3.71. The summed E-state index contributed by atoms with van der Waals surface area (Å²) in [6.07, 6.45) is 0.638. The van der Waals surface area contributed by atoms with Crippen LogP contribution in [0.15, 0.2) is 47.2 Å². The molecule has 1 spiro atoms. The van der Waals surface area contributed by atoms with Crippen LogP contribution in [0, 0.1) is 18.8 Å². The fraction of sp³-hybridized carbons (Fsp3) is 0.500. The molecule has 230 valence electrons. The number of carboxylic acids is 1. The molecule has 1 unspecified atom stereocenters. The largest absolute Gasteiger partial charge is 0.573 e. The lowest BCUT2D eigenvalue weighted by Gasteiger charge is -2.46. The van der Waals surface area contributed by atoms with Crippen molar-refractivity contribution in [3.8, 4) is 22.6 Å². The zero-order valence-corrected chi connectivity index (χ0v) is 25.6. The molecule has 1 N–H and O–H groups in total.